The van der Waals surface area contributed by atoms with E-state index in [4.69, 9.17) is 0 Å². The maximum atomic E-state index is 15.3. The third-order valence-electron chi connectivity index (χ3n) is 7.65. The van der Waals surface area contributed by atoms with Crippen molar-refractivity contribution in [3.05, 3.63) is 71.7 Å². The lowest BCUT2D eigenvalue weighted by molar-refractivity contribution is -0.643. The number of hydrogen-bond donors (Lipinski definition) is 0. The molecule has 0 saturated heterocycles. The molecule has 7 rings (SSSR count). The van der Waals surface area contributed by atoms with Crippen molar-refractivity contribution in [3.63, 3.8) is 0 Å². The zero-order valence-electron chi connectivity index (χ0n) is 17.9. The quantitative estimate of drug-likeness (QED) is 0.159. The van der Waals surface area contributed by atoms with E-state index in [2.05, 4.69) is 65.5 Å². The average Bonchev–Trinajstić information content (AvgIpc) is 3.42. The van der Waals surface area contributed by atoms with Gasteiger partial charge in [-0.25, -0.2) is 8.96 Å². The Kier molecular flexibility index (Phi) is 3.35. The number of benzene rings is 3. The molecule has 1 aliphatic rings. The molecule has 0 spiro atoms. The number of aromatic nitrogens is 2. The minimum Gasteiger partial charge on any atom is -0.305 e. The van der Waals surface area contributed by atoms with Crippen LogP contribution in [-0.4, -0.2) is 4.40 Å². The Labute approximate surface area is 179 Å². The van der Waals surface area contributed by atoms with Gasteiger partial charge in [0.25, 0.3) is 0 Å². The highest BCUT2D eigenvalue weighted by Crippen LogP contribution is 2.43. The van der Waals surface area contributed by atoms with Gasteiger partial charge in [-0.1, -0.05) is 43.2 Å². The molecule has 6 aromatic rings. The predicted molar refractivity (Wildman–Crippen MR) is 126 cm³/mol. The first-order valence-corrected chi connectivity index (χ1v) is 11.3. The molecule has 1 saturated carbocycles. The van der Waals surface area contributed by atoms with Gasteiger partial charge in [-0.05, 0) is 54.3 Å². The summed E-state index contributed by atoms with van der Waals surface area (Å²) >= 11 is 0. The van der Waals surface area contributed by atoms with Crippen LogP contribution in [0.5, 0.6) is 0 Å². The maximum Gasteiger partial charge on any atom is 0.224 e. The summed E-state index contributed by atoms with van der Waals surface area (Å²) in [5.74, 6) is 0.458. The van der Waals surface area contributed by atoms with Crippen LogP contribution in [0.25, 0.3) is 49.0 Å². The standard InChI is InChI=1S/C28H24FN2/c1-16-10-11-21-20-8-5-9-22(29)26(20)31-23-15-19(17-6-3-4-7-17)14-18-12-13-30(2)28(25(18)23)24(16)27(21)31/h5,8-15,17H,3-4,6-7H2,1-2H3/q+1. The molecule has 0 aliphatic heterocycles. The van der Waals surface area contributed by atoms with Crippen molar-refractivity contribution in [1.82, 2.24) is 4.40 Å². The number of halogens is 1. The topological polar surface area (TPSA) is 8.29 Å². The van der Waals surface area contributed by atoms with E-state index in [1.807, 2.05) is 6.07 Å². The molecule has 0 N–H and O–H groups in total. The highest BCUT2D eigenvalue weighted by atomic mass is 19.1. The number of fused-ring (bicyclic) bond motifs is 5. The third kappa shape index (κ3) is 2.14. The van der Waals surface area contributed by atoms with Gasteiger partial charge in [0.1, 0.15) is 12.9 Å². The van der Waals surface area contributed by atoms with Crippen molar-refractivity contribution in [2.24, 2.45) is 7.05 Å². The fourth-order valence-electron chi connectivity index (χ4n) is 6.23. The first kappa shape index (κ1) is 17.5. The Morgan fingerprint density at radius 1 is 0.935 bits per heavy atom. The van der Waals surface area contributed by atoms with Crippen LogP contribution in [0, 0.1) is 12.7 Å². The molecule has 3 heterocycles. The second kappa shape index (κ2) is 5.94. The molecule has 0 radical (unpaired) electrons. The first-order valence-electron chi connectivity index (χ1n) is 11.3. The normalized spacial score (nSPS) is 15.6. The van der Waals surface area contributed by atoms with E-state index >= 15 is 4.39 Å². The van der Waals surface area contributed by atoms with E-state index in [0.29, 0.717) is 11.4 Å². The fourth-order valence-corrected chi connectivity index (χ4v) is 6.23. The molecule has 3 aromatic heterocycles. The van der Waals surface area contributed by atoms with E-state index in [-0.39, 0.29) is 5.82 Å². The second-order valence-electron chi connectivity index (χ2n) is 9.39. The smallest absolute Gasteiger partial charge is 0.224 e. The Morgan fingerprint density at radius 2 is 1.74 bits per heavy atom. The van der Waals surface area contributed by atoms with Gasteiger partial charge in [-0.2, -0.15) is 0 Å². The molecule has 1 aliphatic carbocycles. The molecule has 31 heavy (non-hydrogen) atoms. The highest BCUT2D eigenvalue weighted by Gasteiger charge is 2.26. The summed E-state index contributed by atoms with van der Waals surface area (Å²) in [4.78, 5) is 0. The Morgan fingerprint density at radius 3 is 2.58 bits per heavy atom. The lowest BCUT2D eigenvalue weighted by atomic mass is 9.92. The number of rotatable bonds is 1. The van der Waals surface area contributed by atoms with Gasteiger partial charge in [-0.15, -0.1) is 0 Å². The van der Waals surface area contributed by atoms with E-state index in [1.54, 1.807) is 6.07 Å². The number of pyridine rings is 2. The van der Waals surface area contributed by atoms with Gasteiger partial charge in [0, 0.05) is 16.8 Å². The Bertz CT molecular complexity index is 1670. The minimum atomic E-state index is -0.152. The summed E-state index contributed by atoms with van der Waals surface area (Å²) in [6.07, 6.45) is 7.30. The molecule has 0 unspecified atom stereocenters. The van der Waals surface area contributed by atoms with Gasteiger partial charge in [0.2, 0.25) is 5.52 Å². The average molecular weight is 408 g/mol. The summed E-state index contributed by atoms with van der Waals surface area (Å²) < 4.78 is 19.8. The lowest BCUT2D eigenvalue weighted by Gasteiger charge is -2.16. The van der Waals surface area contributed by atoms with E-state index < -0.39 is 0 Å². The monoisotopic (exact) mass is 407 g/mol. The Hall–Kier alpha value is -3.20. The zero-order chi connectivity index (χ0) is 20.9. The molecule has 0 bridgehead atoms. The molecule has 0 amide bonds. The minimum absolute atomic E-state index is 0.152. The van der Waals surface area contributed by atoms with Crippen molar-refractivity contribution >= 4 is 49.0 Å². The van der Waals surface area contributed by atoms with Crippen LogP contribution in [0.4, 0.5) is 4.39 Å². The molecule has 0 atom stereocenters. The van der Waals surface area contributed by atoms with Gasteiger partial charge < -0.3 is 4.40 Å². The van der Waals surface area contributed by atoms with Crippen molar-refractivity contribution < 1.29 is 8.96 Å². The van der Waals surface area contributed by atoms with Gasteiger partial charge in [0.05, 0.1) is 27.3 Å². The van der Waals surface area contributed by atoms with E-state index in [9.17, 15) is 0 Å². The highest BCUT2D eigenvalue weighted by molar-refractivity contribution is 6.25. The van der Waals surface area contributed by atoms with Crippen LogP contribution < -0.4 is 4.57 Å². The molecule has 3 heteroatoms. The zero-order valence-corrected chi connectivity index (χ0v) is 17.9. The molecule has 2 nitrogen and oxygen atoms in total. The summed E-state index contributed by atoms with van der Waals surface area (Å²) in [5, 5.41) is 5.83. The number of nitrogens with zero attached hydrogens (tertiary/aromatic N) is 2. The number of hydrogen-bond acceptors (Lipinski definition) is 0. The summed E-state index contributed by atoms with van der Waals surface area (Å²) in [6.45, 7) is 2.17. The van der Waals surface area contributed by atoms with Crippen molar-refractivity contribution in [2.45, 2.75) is 38.5 Å². The summed E-state index contributed by atoms with van der Waals surface area (Å²) in [6, 6.07) is 16.8. The van der Waals surface area contributed by atoms with Crippen molar-refractivity contribution in [1.29, 1.82) is 0 Å². The second-order valence-corrected chi connectivity index (χ2v) is 9.39. The lowest BCUT2D eigenvalue weighted by Crippen LogP contribution is -2.29. The van der Waals surface area contributed by atoms with Gasteiger partial charge in [0.15, 0.2) is 6.20 Å². The van der Waals surface area contributed by atoms with Crippen LogP contribution >= 0.6 is 0 Å². The molecule has 152 valence electrons. The van der Waals surface area contributed by atoms with Crippen LogP contribution in [-0.2, 0) is 7.05 Å². The first-order chi connectivity index (χ1) is 15.1. The van der Waals surface area contributed by atoms with Gasteiger partial charge >= 0.3 is 0 Å². The van der Waals surface area contributed by atoms with E-state index in [1.165, 1.54) is 58.5 Å². The number of aryl methyl sites for hydroxylation is 2. The molecule has 1 fully saturated rings. The van der Waals surface area contributed by atoms with Crippen molar-refractivity contribution in [2.75, 3.05) is 0 Å². The van der Waals surface area contributed by atoms with Crippen LogP contribution in [0.1, 0.15) is 42.7 Å². The SMILES string of the molecule is Cc1ccc2c3cccc(F)c3n3c4cc(C5CCCC5)cc5cc[n+](C)c(c1c23)c54. The molecular weight excluding hydrogens is 383 g/mol. The Balaban J connectivity index is 1.85. The van der Waals surface area contributed by atoms with E-state index in [0.717, 1.165) is 21.8 Å². The molecular formula is C28H24FN2+. The largest absolute Gasteiger partial charge is 0.305 e. The van der Waals surface area contributed by atoms with Crippen LogP contribution in [0.15, 0.2) is 54.7 Å². The predicted octanol–water partition coefficient (Wildman–Crippen LogP) is 6.92. The maximum absolute atomic E-state index is 15.3. The number of para-hydroxylation sites is 1. The van der Waals surface area contributed by atoms with Crippen molar-refractivity contribution in [3.8, 4) is 0 Å². The molecule has 3 aromatic carbocycles. The fraction of sp³-hybridized carbons (Fsp3) is 0.250. The summed E-state index contributed by atoms with van der Waals surface area (Å²) in [5.41, 5.74) is 6.84. The van der Waals surface area contributed by atoms with Crippen LogP contribution in [0.2, 0.25) is 0 Å². The van der Waals surface area contributed by atoms with Gasteiger partial charge in [-0.3, -0.25) is 0 Å². The van der Waals surface area contributed by atoms with Crippen LogP contribution in [0.3, 0.4) is 0 Å². The summed E-state index contributed by atoms with van der Waals surface area (Å²) in [7, 11) is 2.13. The third-order valence-corrected chi connectivity index (χ3v) is 7.65.